The Balaban J connectivity index is 3.13. The third-order valence-corrected chi connectivity index (χ3v) is 2.40. The second-order valence-electron chi connectivity index (χ2n) is 3.17. The standard InChI is InChI=1S/C11H16N2/c1-4-11(13-12)10-7-5-6-8(2)9(10)3/h4-7,11,13H,1,12H2,2-3H3. The Bertz CT molecular complexity index is 305. The third kappa shape index (κ3) is 1.97. The Labute approximate surface area is 79.4 Å². The maximum Gasteiger partial charge on any atom is 0.0640 e. The topological polar surface area (TPSA) is 38.0 Å². The average molecular weight is 176 g/mol. The fourth-order valence-corrected chi connectivity index (χ4v) is 1.40. The molecule has 0 aliphatic heterocycles. The van der Waals surface area contributed by atoms with E-state index in [1.165, 1.54) is 16.7 Å². The Morgan fingerprint density at radius 2 is 2.15 bits per heavy atom. The second-order valence-corrected chi connectivity index (χ2v) is 3.17. The van der Waals surface area contributed by atoms with Gasteiger partial charge in [0, 0.05) is 0 Å². The molecule has 0 aliphatic carbocycles. The molecule has 1 atom stereocenters. The maximum absolute atomic E-state index is 5.41. The monoisotopic (exact) mass is 176 g/mol. The predicted molar refractivity (Wildman–Crippen MR) is 56.2 cm³/mol. The van der Waals surface area contributed by atoms with E-state index in [-0.39, 0.29) is 6.04 Å². The van der Waals surface area contributed by atoms with Crippen molar-refractivity contribution in [2.24, 2.45) is 5.84 Å². The lowest BCUT2D eigenvalue weighted by Crippen LogP contribution is -2.27. The highest BCUT2D eigenvalue weighted by molar-refractivity contribution is 5.36. The highest BCUT2D eigenvalue weighted by Crippen LogP contribution is 2.20. The van der Waals surface area contributed by atoms with Gasteiger partial charge in [0.2, 0.25) is 0 Å². The molecule has 2 nitrogen and oxygen atoms in total. The number of aryl methyl sites for hydroxylation is 1. The van der Waals surface area contributed by atoms with Gasteiger partial charge >= 0.3 is 0 Å². The van der Waals surface area contributed by atoms with Crippen LogP contribution in [0.3, 0.4) is 0 Å². The molecule has 1 unspecified atom stereocenters. The molecule has 1 rings (SSSR count). The lowest BCUT2D eigenvalue weighted by atomic mass is 9.98. The van der Waals surface area contributed by atoms with E-state index < -0.39 is 0 Å². The van der Waals surface area contributed by atoms with E-state index >= 15 is 0 Å². The van der Waals surface area contributed by atoms with Crippen LogP contribution in [0.4, 0.5) is 0 Å². The van der Waals surface area contributed by atoms with Crippen LogP contribution in [0.5, 0.6) is 0 Å². The van der Waals surface area contributed by atoms with E-state index in [9.17, 15) is 0 Å². The van der Waals surface area contributed by atoms with Crippen molar-refractivity contribution in [3.63, 3.8) is 0 Å². The number of nitrogens with one attached hydrogen (secondary N) is 1. The minimum atomic E-state index is 0.0416. The molecule has 0 spiro atoms. The van der Waals surface area contributed by atoms with Crippen molar-refractivity contribution >= 4 is 0 Å². The van der Waals surface area contributed by atoms with Crippen molar-refractivity contribution in [3.8, 4) is 0 Å². The number of benzene rings is 1. The van der Waals surface area contributed by atoms with Crippen molar-refractivity contribution in [2.75, 3.05) is 0 Å². The summed E-state index contributed by atoms with van der Waals surface area (Å²) in [6.45, 7) is 7.93. The summed E-state index contributed by atoms with van der Waals surface area (Å²) in [5, 5.41) is 0. The van der Waals surface area contributed by atoms with Gasteiger partial charge in [-0.3, -0.25) is 5.84 Å². The minimum Gasteiger partial charge on any atom is -0.271 e. The molecule has 70 valence electrons. The SMILES string of the molecule is C=CC(NN)c1cccc(C)c1C. The molecule has 0 fully saturated rings. The summed E-state index contributed by atoms with van der Waals surface area (Å²) in [6, 6.07) is 6.23. The number of rotatable bonds is 3. The van der Waals surface area contributed by atoms with Crippen molar-refractivity contribution < 1.29 is 0 Å². The van der Waals surface area contributed by atoms with Gasteiger partial charge in [-0.2, -0.15) is 0 Å². The van der Waals surface area contributed by atoms with Crippen molar-refractivity contribution in [1.29, 1.82) is 0 Å². The number of hydrogen-bond acceptors (Lipinski definition) is 2. The number of hydrazine groups is 1. The van der Waals surface area contributed by atoms with Crippen LogP contribution >= 0.6 is 0 Å². The zero-order valence-corrected chi connectivity index (χ0v) is 8.17. The van der Waals surface area contributed by atoms with Crippen LogP contribution in [-0.2, 0) is 0 Å². The number of nitrogens with two attached hydrogens (primary N) is 1. The molecule has 0 saturated carbocycles. The van der Waals surface area contributed by atoms with Gasteiger partial charge in [-0.15, -0.1) is 6.58 Å². The highest BCUT2D eigenvalue weighted by atomic mass is 15.2. The maximum atomic E-state index is 5.41. The van der Waals surface area contributed by atoms with E-state index in [1.807, 2.05) is 12.1 Å². The number of hydrogen-bond donors (Lipinski definition) is 2. The van der Waals surface area contributed by atoms with Crippen LogP contribution in [-0.4, -0.2) is 0 Å². The van der Waals surface area contributed by atoms with E-state index in [0.29, 0.717) is 0 Å². The van der Waals surface area contributed by atoms with E-state index in [2.05, 4.69) is 38.0 Å². The molecule has 13 heavy (non-hydrogen) atoms. The van der Waals surface area contributed by atoms with Crippen molar-refractivity contribution in [2.45, 2.75) is 19.9 Å². The van der Waals surface area contributed by atoms with Crippen molar-refractivity contribution in [3.05, 3.63) is 47.5 Å². The average Bonchev–Trinajstić information content (AvgIpc) is 2.14. The predicted octanol–water partition coefficient (Wildman–Crippen LogP) is 1.99. The zero-order chi connectivity index (χ0) is 9.84. The van der Waals surface area contributed by atoms with Crippen LogP contribution in [0.1, 0.15) is 22.7 Å². The first-order valence-corrected chi connectivity index (χ1v) is 4.35. The van der Waals surface area contributed by atoms with Gasteiger partial charge in [0.15, 0.2) is 0 Å². The lowest BCUT2D eigenvalue weighted by Gasteiger charge is -2.15. The minimum absolute atomic E-state index is 0.0416. The van der Waals surface area contributed by atoms with Gasteiger partial charge < -0.3 is 0 Å². The first-order chi connectivity index (χ1) is 6.20. The van der Waals surface area contributed by atoms with E-state index in [4.69, 9.17) is 5.84 Å². The fourth-order valence-electron chi connectivity index (χ4n) is 1.40. The van der Waals surface area contributed by atoms with Crippen molar-refractivity contribution in [1.82, 2.24) is 5.43 Å². The Hall–Kier alpha value is -1.12. The second kappa shape index (κ2) is 4.21. The first-order valence-electron chi connectivity index (χ1n) is 4.35. The van der Waals surface area contributed by atoms with Crippen LogP contribution in [0.2, 0.25) is 0 Å². The summed E-state index contributed by atoms with van der Waals surface area (Å²) in [5.74, 6) is 5.41. The van der Waals surface area contributed by atoms with E-state index in [0.717, 1.165) is 0 Å². The molecule has 1 aromatic carbocycles. The normalized spacial score (nSPS) is 12.5. The highest BCUT2D eigenvalue weighted by Gasteiger charge is 2.08. The summed E-state index contributed by atoms with van der Waals surface area (Å²) in [6.07, 6.45) is 1.81. The van der Waals surface area contributed by atoms with Crippen LogP contribution < -0.4 is 11.3 Å². The third-order valence-electron chi connectivity index (χ3n) is 2.40. The molecule has 1 aromatic rings. The largest absolute Gasteiger partial charge is 0.271 e. The molecule has 0 radical (unpaired) electrons. The summed E-state index contributed by atoms with van der Waals surface area (Å²) in [4.78, 5) is 0. The molecule has 0 bridgehead atoms. The quantitative estimate of drug-likeness (QED) is 0.420. The Morgan fingerprint density at radius 3 is 2.69 bits per heavy atom. The first kappa shape index (κ1) is 9.96. The molecular weight excluding hydrogens is 160 g/mol. The molecule has 0 aliphatic rings. The molecule has 0 heterocycles. The van der Waals surface area contributed by atoms with Crippen LogP contribution in [0.15, 0.2) is 30.9 Å². The summed E-state index contributed by atoms with van der Waals surface area (Å²) >= 11 is 0. The Morgan fingerprint density at radius 1 is 1.46 bits per heavy atom. The van der Waals surface area contributed by atoms with Gasteiger partial charge in [-0.1, -0.05) is 24.3 Å². The van der Waals surface area contributed by atoms with Gasteiger partial charge in [-0.05, 0) is 30.5 Å². The van der Waals surface area contributed by atoms with E-state index in [1.54, 1.807) is 0 Å². The molecule has 2 heteroatoms. The molecule has 0 amide bonds. The zero-order valence-electron chi connectivity index (χ0n) is 8.17. The summed E-state index contributed by atoms with van der Waals surface area (Å²) in [5.41, 5.74) is 6.46. The fraction of sp³-hybridized carbons (Fsp3) is 0.273. The van der Waals surface area contributed by atoms with Gasteiger partial charge in [0.1, 0.15) is 0 Å². The molecular formula is C11H16N2. The molecule has 3 N–H and O–H groups in total. The Kier molecular flexibility index (Phi) is 3.23. The lowest BCUT2D eigenvalue weighted by molar-refractivity contribution is 0.653. The van der Waals surface area contributed by atoms with Gasteiger partial charge in [0.05, 0.1) is 6.04 Å². The smallest absolute Gasteiger partial charge is 0.0640 e. The molecule has 0 aromatic heterocycles. The van der Waals surface area contributed by atoms with Crippen LogP contribution in [0.25, 0.3) is 0 Å². The van der Waals surface area contributed by atoms with Gasteiger partial charge in [-0.25, -0.2) is 5.43 Å². The summed E-state index contributed by atoms with van der Waals surface area (Å²) < 4.78 is 0. The van der Waals surface area contributed by atoms with Gasteiger partial charge in [0.25, 0.3) is 0 Å². The summed E-state index contributed by atoms with van der Waals surface area (Å²) in [7, 11) is 0. The van der Waals surface area contributed by atoms with Crippen LogP contribution in [0, 0.1) is 13.8 Å². The molecule has 0 saturated heterocycles.